The largest absolute Gasteiger partial charge is 0.385 e. The van der Waals surface area contributed by atoms with Crippen molar-refractivity contribution in [2.24, 2.45) is 0 Å². The molecule has 0 saturated heterocycles. The molecule has 1 aliphatic rings. The Labute approximate surface area is 83.8 Å². The number of thiophene rings is 1. The van der Waals surface area contributed by atoms with Gasteiger partial charge in [0.05, 0.1) is 5.39 Å². The molecule has 4 nitrogen and oxygen atoms in total. The summed E-state index contributed by atoms with van der Waals surface area (Å²) in [5.74, 6) is 0.472. The number of nitrogens with one attached hydrogen (secondary N) is 1. The molecule has 5 heteroatoms. The summed E-state index contributed by atoms with van der Waals surface area (Å²) < 4.78 is 0. The SMILES string of the molecule is Nc1[nH]c(=O)nc2sc3c(c12)CCC3. The third-order valence-electron chi connectivity index (χ3n) is 2.62. The molecule has 14 heavy (non-hydrogen) atoms. The van der Waals surface area contributed by atoms with Gasteiger partial charge >= 0.3 is 5.69 Å². The van der Waals surface area contributed by atoms with Crippen molar-refractivity contribution >= 4 is 27.4 Å². The van der Waals surface area contributed by atoms with Crippen molar-refractivity contribution in [1.82, 2.24) is 9.97 Å². The van der Waals surface area contributed by atoms with Crippen LogP contribution in [0.4, 0.5) is 5.82 Å². The van der Waals surface area contributed by atoms with Gasteiger partial charge in [0.2, 0.25) is 0 Å². The number of fused-ring (bicyclic) bond motifs is 3. The minimum atomic E-state index is -0.352. The van der Waals surface area contributed by atoms with Crippen molar-refractivity contribution in [2.45, 2.75) is 19.3 Å². The second kappa shape index (κ2) is 2.57. The third kappa shape index (κ3) is 0.928. The van der Waals surface area contributed by atoms with Gasteiger partial charge in [0.25, 0.3) is 0 Å². The molecule has 0 spiro atoms. The number of anilines is 1. The lowest BCUT2D eigenvalue weighted by Crippen LogP contribution is -2.11. The monoisotopic (exact) mass is 207 g/mol. The summed E-state index contributed by atoms with van der Waals surface area (Å²) in [6.07, 6.45) is 3.35. The van der Waals surface area contributed by atoms with E-state index in [4.69, 9.17) is 5.73 Å². The van der Waals surface area contributed by atoms with Crippen molar-refractivity contribution in [3.8, 4) is 0 Å². The average Bonchev–Trinajstić information content (AvgIpc) is 2.60. The van der Waals surface area contributed by atoms with Crippen molar-refractivity contribution < 1.29 is 0 Å². The number of hydrogen-bond acceptors (Lipinski definition) is 4. The summed E-state index contributed by atoms with van der Waals surface area (Å²) in [6, 6.07) is 0. The van der Waals surface area contributed by atoms with Crippen LogP contribution in [-0.4, -0.2) is 9.97 Å². The van der Waals surface area contributed by atoms with E-state index in [-0.39, 0.29) is 5.69 Å². The topological polar surface area (TPSA) is 71.8 Å². The molecule has 2 heterocycles. The van der Waals surface area contributed by atoms with Crippen LogP contribution in [0.1, 0.15) is 16.9 Å². The smallest absolute Gasteiger partial charge is 0.347 e. The Morgan fingerprint density at radius 3 is 3.14 bits per heavy atom. The highest BCUT2D eigenvalue weighted by molar-refractivity contribution is 7.19. The van der Waals surface area contributed by atoms with E-state index in [1.165, 1.54) is 16.9 Å². The highest BCUT2D eigenvalue weighted by Crippen LogP contribution is 2.37. The number of nitrogen functional groups attached to an aromatic ring is 1. The van der Waals surface area contributed by atoms with Gasteiger partial charge in [-0.15, -0.1) is 11.3 Å². The Balaban J connectivity index is 2.49. The molecule has 0 atom stereocenters. The van der Waals surface area contributed by atoms with Crippen LogP contribution in [0.25, 0.3) is 10.2 Å². The fourth-order valence-corrected chi connectivity index (χ4v) is 3.32. The Morgan fingerprint density at radius 1 is 1.43 bits per heavy atom. The Hall–Kier alpha value is -1.36. The number of nitrogens with two attached hydrogens (primary N) is 1. The first-order valence-electron chi connectivity index (χ1n) is 4.56. The number of H-pyrrole nitrogens is 1. The summed E-state index contributed by atoms with van der Waals surface area (Å²) in [7, 11) is 0. The van der Waals surface area contributed by atoms with Gasteiger partial charge in [-0.1, -0.05) is 0 Å². The standard InChI is InChI=1S/C9H9N3OS/c10-7-6-4-2-1-3-5(4)14-8(6)12-9(13)11-7/h1-3H2,(H3,10,11,12,13). The Bertz CT molecular complexity index is 569. The molecule has 3 rings (SSSR count). The van der Waals surface area contributed by atoms with Crippen LogP contribution in [-0.2, 0) is 12.8 Å². The highest BCUT2D eigenvalue weighted by atomic mass is 32.1. The number of aromatic nitrogens is 2. The minimum absolute atomic E-state index is 0.352. The lowest BCUT2D eigenvalue weighted by Gasteiger charge is -1.96. The first-order chi connectivity index (χ1) is 6.75. The number of nitrogens with zero attached hydrogens (tertiary/aromatic N) is 1. The zero-order valence-corrected chi connectivity index (χ0v) is 8.28. The van der Waals surface area contributed by atoms with Crippen molar-refractivity contribution in [1.29, 1.82) is 0 Å². The van der Waals surface area contributed by atoms with Gasteiger partial charge in [0.15, 0.2) is 0 Å². The van der Waals surface area contributed by atoms with E-state index in [0.717, 1.165) is 23.1 Å². The lowest BCUT2D eigenvalue weighted by atomic mass is 10.2. The maximum Gasteiger partial charge on any atom is 0.347 e. The molecule has 0 bridgehead atoms. The first kappa shape index (κ1) is 7.99. The van der Waals surface area contributed by atoms with Crippen LogP contribution in [0.5, 0.6) is 0 Å². The summed E-state index contributed by atoms with van der Waals surface area (Å²) in [6.45, 7) is 0. The second-order valence-electron chi connectivity index (χ2n) is 3.49. The molecule has 1 aliphatic carbocycles. The van der Waals surface area contributed by atoms with Crippen LogP contribution in [0.3, 0.4) is 0 Å². The third-order valence-corrected chi connectivity index (χ3v) is 3.80. The molecule has 72 valence electrons. The van der Waals surface area contributed by atoms with E-state index < -0.39 is 0 Å². The fraction of sp³-hybridized carbons (Fsp3) is 0.333. The zero-order valence-electron chi connectivity index (χ0n) is 7.46. The van der Waals surface area contributed by atoms with Gasteiger partial charge < -0.3 is 5.73 Å². The van der Waals surface area contributed by atoms with E-state index in [9.17, 15) is 4.79 Å². The van der Waals surface area contributed by atoms with Gasteiger partial charge in [0.1, 0.15) is 10.6 Å². The molecule has 0 unspecified atom stereocenters. The Kier molecular flexibility index (Phi) is 1.47. The molecule has 0 aliphatic heterocycles. The summed E-state index contributed by atoms with van der Waals surface area (Å²) in [5, 5.41) is 0.974. The number of hydrogen-bond donors (Lipinski definition) is 2. The minimum Gasteiger partial charge on any atom is -0.385 e. The maximum atomic E-state index is 11.1. The fourth-order valence-electron chi connectivity index (χ4n) is 2.04. The van der Waals surface area contributed by atoms with E-state index in [2.05, 4.69) is 9.97 Å². The quantitative estimate of drug-likeness (QED) is 0.678. The van der Waals surface area contributed by atoms with Crippen LogP contribution < -0.4 is 11.4 Å². The van der Waals surface area contributed by atoms with Crippen LogP contribution in [0, 0.1) is 0 Å². The zero-order chi connectivity index (χ0) is 9.71. The van der Waals surface area contributed by atoms with Crippen LogP contribution in [0.2, 0.25) is 0 Å². The molecule has 0 saturated carbocycles. The van der Waals surface area contributed by atoms with Gasteiger partial charge in [-0.05, 0) is 24.8 Å². The summed E-state index contributed by atoms with van der Waals surface area (Å²) in [4.78, 5) is 19.7. The van der Waals surface area contributed by atoms with Crippen LogP contribution in [0.15, 0.2) is 4.79 Å². The molecule has 2 aromatic rings. The molecule has 0 amide bonds. The molecular weight excluding hydrogens is 198 g/mol. The number of rotatable bonds is 0. The predicted molar refractivity (Wildman–Crippen MR) is 56.7 cm³/mol. The molecule has 0 radical (unpaired) electrons. The average molecular weight is 207 g/mol. The summed E-state index contributed by atoms with van der Waals surface area (Å²) >= 11 is 1.60. The Morgan fingerprint density at radius 2 is 2.29 bits per heavy atom. The normalized spacial score (nSPS) is 14.9. The molecular formula is C9H9N3OS. The number of aryl methyl sites for hydroxylation is 2. The molecule has 0 aromatic carbocycles. The van der Waals surface area contributed by atoms with E-state index in [1.807, 2.05) is 0 Å². The van der Waals surface area contributed by atoms with Gasteiger partial charge in [0, 0.05) is 4.88 Å². The van der Waals surface area contributed by atoms with Gasteiger partial charge in [-0.3, -0.25) is 4.98 Å². The maximum absolute atomic E-state index is 11.1. The number of aromatic amines is 1. The highest BCUT2D eigenvalue weighted by Gasteiger charge is 2.20. The van der Waals surface area contributed by atoms with Gasteiger partial charge in [-0.2, -0.15) is 4.98 Å². The molecule has 0 fully saturated rings. The van der Waals surface area contributed by atoms with E-state index >= 15 is 0 Å². The van der Waals surface area contributed by atoms with E-state index in [0.29, 0.717) is 5.82 Å². The summed E-state index contributed by atoms with van der Waals surface area (Å²) in [5.41, 5.74) is 6.73. The van der Waals surface area contributed by atoms with Crippen molar-refractivity contribution in [2.75, 3.05) is 5.73 Å². The first-order valence-corrected chi connectivity index (χ1v) is 5.37. The van der Waals surface area contributed by atoms with Crippen LogP contribution >= 0.6 is 11.3 Å². The van der Waals surface area contributed by atoms with E-state index in [1.54, 1.807) is 11.3 Å². The van der Waals surface area contributed by atoms with Crippen molar-refractivity contribution in [3.63, 3.8) is 0 Å². The molecule has 3 N–H and O–H groups in total. The predicted octanol–water partition coefficient (Wildman–Crippen LogP) is 1.06. The second-order valence-corrected chi connectivity index (χ2v) is 4.58. The van der Waals surface area contributed by atoms with Crippen molar-refractivity contribution in [3.05, 3.63) is 20.9 Å². The molecule has 2 aromatic heterocycles. The van der Waals surface area contributed by atoms with Gasteiger partial charge in [-0.25, -0.2) is 4.79 Å². The lowest BCUT2D eigenvalue weighted by molar-refractivity contribution is 0.917.